The normalized spacial score (nSPS) is 8.82. The standard InChI is InChI=1S/C8H8N2O/c9-5-7-1-3-8(4-2-7)10-6-11/h1-4H,5,9H2. The summed E-state index contributed by atoms with van der Waals surface area (Å²) >= 11 is 0. The van der Waals surface area contributed by atoms with Gasteiger partial charge in [-0.25, -0.2) is 4.79 Å². The monoisotopic (exact) mass is 148 g/mol. The number of carbonyl (C=O) groups excluding carboxylic acids is 1. The van der Waals surface area contributed by atoms with Crippen LogP contribution in [0.5, 0.6) is 0 Å². The van der Waals surface area contributed by atoms with E-state index in [1.807, 2.05) is 12.1 Å². The third-order valence-electron chi connectivity index (χ3n) is 1.35. The Morgan fingerprint density at radius 3 is 2.45 bits per heavy atom. The van der Waals surface area contributed by atoms with E-state index < -0.39 is 0 Å². The summed E-state index contributed by atoms with van der Waals surface area (Å²) in [6.07, 6.45) is 1.47. The Kier molecular flexibility index (Phi) is 2.55. The highest BCUT2D eigenvalue weighted by Gasteiger charge is 1.88. The van der Waals surface area contributed by atoms with Gasteiger partial charge in [-0.05, 0) is 17.7 Å². The Morgan fingerprint density at radius 1 is 1.36 bits per heavy atom. The molecule has 3 heteroatoms. The van der Waals surface area contributed by atoms with E-state index in [0.29, 0.717) is 12.2 Å². The first kappa shape index (κ1) is 7.66. The van der Waals surface area contributed by atoms with Crippen molar-refractivity contribution in [2.24, 2.45) is 10.7 Å². The lowest BCUT2D eigenvalue weighted by Crippen LogP contribution is -1.94. The molecular formula is C8H8N2O. The molecule has 1 rings (SSSR count). The van der Waals surface area contributed by atoms with Crippen LogP contribution in [0.15, 0.2) is 29.3 Å². The zero-order valence-corrected chi connectivity index (χ0v) is 5.95. The van der Waals surface area contributed by atoms with Crippen molar-refractivity contribution >= 4 is 11.8 Å². The molecule has 0 aliphatic rings. The van der Waals surface area contributed by atoms with Crippen LogP contribution in [0.1, 0.15) is 5.56 Å². The lowest BCUT2D eigenvalue weighted by Gasteiger charge is -1.94. The molecule has 1 aromatic rings. The van der Waals surface area contributed by atoms with E-state index in [2.05, 4.69) is 4.99 Å². The maximum absolute atomic E-state index is 9.81. The molecule has 0 spiro atoms. The first-order chi connectivity index (χ1) is 5.36. The molecule has 1 aromatic carbocycles. The molecule has 0 unspecified atom stereocenters. The van der Waals surface area contributed by atoms with Crippen molar-refractivity contribution in [2.75, 3.05) is 0 Å². The molecule has 0 aliphatic carbocycles. The van der Waals surface area contributed by atoms with Gasteiger partial charge in [0.1, 0.15) is 0 Å². The van der Waals surface area contributed by atoms with Gasteiger partial charge in [0.25, 0.3) is 0 Å². The van der Waals surface area contributed by atoms with E-state index in [-0.39, 0.29) is 0 Å². The van der Waals surface area contributed by atoms with Crippen molar-refractivity contribution in [2.45, 2.75) is 6.54 Å². The molecule has 0 fully saturated rings. The summed E-state index contributed by atoms with van der Waals surface area (Å²) in [6, 6.07) is 7.12. The van der Waals surface area contributed by atoms with Crippen molar-refractivity contribution in [3.8, 4) is 0 Å². The van der Waals surface area contributed by atoms with Gasteiger partial charge in [-0.2, -0.15) is 4.99 Å². The number of rotatable bonds is 2. The predicted octanol–water partition coefficient (Wildman–Crippen LogP) is 1.11. The minimum atomic E-state index is 0.505. The highest BCUT2D eigenvalue weighted by Crippen LogP contribution is 2.11. The predicted molar refractivity (Wildman–Crippen MR) is 42.1 cm³/mol. The first-order valence-corrected chi connectivity index (χ1v) is 3.23. The highest BCUT2D eigenvalue weighted by atomic mass is 16.1. The van der Waals surface area contributed by atoms with Gasteiger partial charge in [0.15, 0.2) is 0 Å². The fourth-order valence-corrected chi connectivity index (χ4v) is 0.759. The van der Waals surface area contributed by atoms with Crippen molar-refractivity contribution in [1.29, 1.82) is 0 Å². The second kappa shape index (κ2) is 3.66. The average Bonchev–Trinajstić information content (AvgIpc) is 2.07. The SMILES string of the molecule is NCc1ccc(N=C=O)cc1. The van der Waals surface area contributed by atoms with Crippen LogP contribution in [0, 0.1) is 0 Å². The molecule has 0 saturated heterocycles. The maximum Gasteiger partial charge on any atom is 0.240 e. The molecule has 0 heterocycles. The van der Waals surface area contributed by atoms with Crippen LogP contribution in [-0.4, -0.2) is 6.08 Å². The van der Waals surface area contributed by atoms with Gasteiger partial charge in [-0.1, -0.05) is 12.1 Å². The van der Waals surface area contributed by atoms with Gasteiger partial charge >= 0.3 is 0 Å². The fourth-order valence-electron chi connectivity index (χ4n) is 0.759. The molecule has 0 bridgehead atoms. The van der Waals surface area contributed by atoms with Crippen molar-refractivity contribution in [3.05, 3.63) is 29.8 Å². The molecule has 0 atom stereocenters. The highest BCUT2D eigenvalue weighted by molar-refractivity contribution is 5.49. The summed E-state index contributed by atoms with van der Waals surface area (Å²) in [4.78, 5) is 13.2. The first-order valence-electron chi connectivity index (χ1n) is 3.23. The number of aliphatic imine (C=N–C) groups is 1. The van der Waals surface area contributed by atoms with Gasteiger partial charge < -0.3 is 5.73 Å². The fraction of sp³-hybridized carbons (Fsp3) is 0.125. The average molecular weight is 148 g/mol. The largest absolute Gasteiger partial charge is 0.326 e. The molecule has 0 aliphatic heterocycles. The number of benzene rings is 1. The van der Waals surface area contributed by atoms with Gasteiger partial charge in [0.05, 0.1) is 5.69 Å². The number of hydrogen-bond acceptors (Lipinski definition) is 3. The molecule has 3 nitrogen and oxygen atoms in total. The van der Waals surface area contributed by atoms with E-state index in [1.165, 1.54) is 6.08 Å². The lowest BCUT2D eigenvalue weighted by molar-refractivity contribution is 0.565. The molecule has 2 N–H and O–H groups in total. The van der Waals surface area contributed by atoms with Gasteiger partial charge in [0.2, 0.25) is 6.08 Å². The molecule has 0 aromatic heterocycles. The van der Waals surface area contributed by atoms with Crippen molar-refractivity contribution < 1.29 is 4.79 Å². The third-order valence-corrected chi connectivity index (χ3v) is 1.35. The maximum atomic E-state index is 9.81. The Bertz CT molecular complexity index is 273. The summed E-state index contributed by atoms with van der Waals surface area (Å²) in [5.41, 5.74) is 7.00. The van der Waals surface area contributed by atoms with Crippen LogP contribution < -0.4 is 5.73 Å². The molecule has 56 valence electrons. The number of hydrogen-bond donors (Lipinski definition) is 1. The van der Waals surface area contributed by atoms with Gasteiger partial charge in [0, 0.05) is 6.54 Å². The Hall–Kier alpha value is -1.44. The Balaban J connectivity index is 2.91. The second-order valence-corrected chi connectivity index (χ2v) is 2.07. The third kappa shape index (κ3) is 2.00. The smallest absolute Gasteiger partial charge is 0.240 e. The molecule has 0 saturated carbocycles. The quantitative estimate of drug-likeness (QED) is 0.504. The zero-order chi connectivity index (χ0) is 8.10. The topological polar surface area (TPSA) is 55.4 Å². The van der Waals surface area contributed by atoms with Crippen LogP contribution >= 0.6 is 0 Å². The van der Waals surface area contributed by atoms with Crippen LogP contribution in [0.25, 0.3) is 0 Å². The van der Waals surface area contributed by atoms with E-state index >= 15 is 0 Å². The molecule has 11 heavy (non-hydrogen) atoms. The zero-order valence-electron chi connectivity index (χ0n) is 5.95. The Labute approximate surface area is 64.6 Å². The molecule has 0 radical (unpaired) electrons. The van der Waals surface area contributed by atoms with E-state index in [9.17, 15) is 4.79 Å². The van der Waals surface area contributed by atoms with Crippen LogP contribution in [0.3, 0.4) is 0 Å². The van der Waals surface area contributed by atoms with Crippen molar-refractivity contribution in [1.82, 2.24) is 0 Å². The minimum absolute atomic E-state index is 0.505. The Morgan fingerprint density at radius 2 is 2.00 bits per heavy atom. The van der Waals surface area contributed by atoms with E-state index in [0.717, 1.165) is 5.56 Å². The molecular weight excluding hydrogens is 140 g/mol. The number of nitrogens with two attached hydrogens (primary N) is 1. The van der Waals surface area contributed by atoms with E-state index in [1.54, 1.807) is 12.1 Å². The molecule has 0 amide bonds. The summed E-state index contributed by atoms with van der Waals surface area (Å²) < 4.78 is 0. The summed E-state index contributed by atoms with van der Waals surface area (Å²) in [5, 5.41) is 0. The van der Waals surface area contributed by atoms with Crippen LogP contribution in [0.4, 0.5) is 5.69 Å². The minimum Gasteiger partial charge on any atom is -0.326 e. The van der Waals surface area contributed by atoms with Crippen LogP contribution in [-0.2, 0) is 11.3 Å². The van der Waals surface area contributed by atoms with Gasteiger partial charge in [-0.3, -0.25) is 0 Å². The van der Waals surface area contributed by atoms with E-state index in [4.69, 9.17) is 5.73 Å². The number of isocyanates is 1. The van der Waals surface area contributed by atoms with Crippen LogP contribution in [0.2, 0.25) is 0 Å². The lowest BCUT2D eigenvalue weighted by atomic mass is 10.2. The second-order valence-electron chi connectivity index (χ2n) is 2.07. The van der Waals surface area contributed by atoms with Gasteiger partial charge in [-0.15, -0.1) is 0 Å². The summed E-state index contributed by atoms with van der Waals surface area (Å²) in [7, 11) is 0. The number of nitrogens with zero attached hydrogens (tertiary/aromatic N) is 1. The summed E-state index contributed by atoms with van der Waals surface area (Å²) in [6.45, 7) is 0.505. The summed E-state index contributed by atoms with van der Waals surface area (Å²) in [5.74, 6) is 0. The van der Waals surface area contributed by atoms with Crippen molar-refractivity contribution in [3.63, 3.8) is 0 Å².